The molecule has 1 fully saturated rings. The fourth-order valence-electron chi connectivity index (χ4n) is 2.38. The van der Waals surface area contributed by atoms with Gasteiger partial charge in [0.05, 0.1) is 6.61 Å². The first-order chi connectivity index (χ1) is 11.1. The van der Waals surface area contributed by atoms with Crippen molar-refractivity contribution in [2.24, 2.45) is 0 Å². The van der Waals surface area contributed by atoms with Crippen LogP contribution in [0.1, 0.15) is 16.0 Å². The van der Waals surface area contributed by atoms with E-state index in [1.165, 1.54) is 22.5 Å². The lowest BCUT2D eigenvalue weighted by Gasteiger charge is -2.22. The SMILES string of the molecule is Cc1cc(Cc2cnc(NC(=O)C3CNCCO3)s2)ccc1Br. The van der Waals surface area contributed by atoms with E-state index in [0.29, 0.717) is 18.3 Å². The number of nitrogens with zero attached hydrogens (tertiary/aromatic N) is 1. The molecule has 23 heavy (non-hydrogen) atoms. The van der Waals surface area contributed by atoms with Crippen LogP contribution in [-0.4, -0.2) is 36.7 Å². The zero-order valence-corrected chi connectivity index (χ0v) is 15.2. The van der Waals surface area contributed by atoms with Gasteiger partial charge in [-0.3, -0.25) is 10.1 Å². The number of aromatic nitrogens is 1. The van der Waals surface area contributed by atoms with Crippen LogP contribution in [0.15, 0.2) is 28.9 Å². The predicted molar refractivity (Wildman–Crippen MR) is 95.0 cm³/mol. The summed E-state index contributed by atoms with van der Waals surface area (Å²) in [5, 5.41) is 6.60. The predicted octanol–water partition coefficient (Wildman–Crippen LogP) is 2.73. The van der Waals surface area contributed by atoms with Crippen molar-refractivity contribution in [3.63, 3.8) is 0 Å². The first-order valence-electron chi connectivity index (χ1n) is 7.45. The number of thiazole rings is 1. The highest BCUT2D eigenvalue weighted by molar-refractivity contribution is 9.10. The number of amides is 1. The molecule has 1 aromatic carbocycles. The molecule has 0 aliphatic carbocycles. The van der Waals surface area contributed by atoms with E-state index in [0.717, 1.165) is 22.3 Å². The molecule has 5 nitrogen and oxygen atoms in total. The molecule has 1 unspecified atom stereocenters. The van der Waals surface area contributed by atoms with Gasteiger partial charge in [-0.25, -0.2) is 4.98 Å². The zero-order chi connectivity index (χ0) is 16.2. The van der Waals surface area contributed by atoms with E-state index in [4.69, 9.17) is 4.74 Å². The van der Waals surface area contributed by atoms with Crippen LogP contribution >= 0.6 is 27.3 Å². The molecule has 2 aromatic rings. The summed E-state index contributed by atoms with van der Waals surface area (Å²) in [6, 6.07) is 6.31. The van der Waals surface area contributed by atoms with Crippen LogP contribution in [0.25, 0.3) is 0 Å². The molecule has 1 aliphatic rings. The molecule has 1 amide bonds. The number of hydrogen-bond donors (Lipinski definition) is 2. The van der Waals surface area contributed by atoms with Gasteiger partial charge in [0.1, 0.15) is 6.10 Å². The Kier molecular flexibility index (Phi) is 5.42. The number of ether oxygens (including phenoxy) is 1. The van der Waals surface area contributed by atoms with Crippen molar-refractivity contribution in [2.45, 2.75) is 19.4 Å². The van der Waals surface area contributed by atoms with Gasteiger partial charge in [0.2, 0.25) is 0 Å². The average Bonchev–Trinajstić information content (AvgIpc) is 2.99. The van der Waals surface area contributed by atoms with Crippen LogP contribution < -0.4 is 10.6 Å². The third-order valence-corrected chi connectivity index (χ3v) is 5.41. The van der Waals surface area contributed by atoms with Gasteiger partial charge in [0.15, 0.2) is 5.13 Å². The molecule has 0 radical (unpaired) electrons. The summed E-state index contributed by atoms with van der Waals surface area (Å²) in [5.41, 5.74) is 2.44. The zero-order valence-electron chi connectivity index (χ0n) is 12.8. The number of hydrogen-bond acceptors (Lipinski definition) is 5. The minimum atomic E-state index is -0.440. The van der Waals surface area contributed by atoms with Crippen LogP contribution in [0.4, 0.5) is 5.13 Å². The smallest absolute Gasteiger partial charge is 0.256 e. The van der Waals surface area contributed by atoms with Crippen molar-refractivity contribution in [2.75, 3.05) is 25.0 Å². The van der Waals surface area contributed by atoms with E-state index in [1.54, 1.807) is 0 Å². The van der Waals surface area contributed by atoms with Gasteiger partial charge in [-0.1, -0.05) is 28.1 Å². The Morgan fingerprint density at radius 1 is 1.57 bits per heavy atom. The summed E-state index contributed by atoms with van der Waals surface area (Å²) in [6.07, 6.45) is 2.19. The van der Waals surface area contributed by atoms with E-state index in [9.17, 15) is 4.79 Å². The number of morpholine rings is 1. The monoisotopic (exact) mass is 395 g/mol. The summed E-state index contributed by atoms with van der Waals surface area (Å²) in [5.74, 6) is -0.141. The molecular weight excluding hydrogens is 378 g/mol. The summed E-state index contributed by atoms with van der Waals surface area (Å²) < 4.78 is 6.55. The Labute approximate surface area is 147 Å². The summed E-state index contributed by atoms with van der Waals surface area (Å²) >= 11 is 5.01. The lowest BCUT2D eigenvalue weighted by molar-refractivity contribution is -0.128. The number of nitrogens with one attached hydrogen (secondary N) is 2. The number of aryl methyl sites for hydroxylation is 1. The fraction of sp³-hybridized carbons (Fsp3) is 0.375. The van der Waals surface area contributed by atoms with E-state index in [1.807, 2.05) is 6.20 Å². The molecule has 1 aliphatic heterocycles. The van der Waals surface area contributed by atoms with E-state index in [2.05, 4.69) is 56.7 Å². The van der Waals surface area contributed by atoms with Crippen LogP contribution in [0.2, 0.25) is 0 Å². The van der Waals surface area contributed by atoms with Crippen molar-refractivity contribution in [1.82, 2.24) is 10.3 Å². The lowest BCUT2D eigenvalue weighted by atomic mass is 10.1. The maximum atomic E-state index is 12.1. The fourth-order valence-corrected chi connectivity index (χ4v) is 3.48. The van der Waals surface area contributed by atoms with Crippen LogP contribution in [-0.2, 0) is 16.0 Å². The Balaban J connectivity index is 1.61. The maximum Gasteiger partial charge on any atom is 0.256 e. The van der Waals surface area contributed by atoms with E-state index >= 15 is 0 Å². The largest absolute Gasteiger partial charge is 0.366 e. The van der Waals surface area contributed by atoms with Gasteiger partial charge < -0.3 is 10.1 Å². The minimum absolute atomic E-state index is 0.141. The highest BCUT2D eigenvalue weighted by Crippen LogP contribution is 2.24. The number of carbonyl (C=O) groups excluding carboxylic acids is 1. The van der Waals surface area contributed by atoms with Gasteiger partial charge in [-0.05, 0) is 24.1 Å². The van der Waals surface area contributed by atoms with E-state index < -0.39 is 6.10 Å². The third-order valence-electron chi connectivity index (χ3n) is 3.60. The molecule has 2 N–H and O–H groups in total. The first kappa shape index (κ1) is 16.6. The van der Waals surface area contributed by atoms with Gasteiger partial charge in [-0.2, -0.15) is 0 Å². The normalized spacial score (nSPS) is 17.9. The van der Waals surface area contributed by atoms with Gasteiger partial charge in [-0.15, -0.1) is 11.3 Å². The molecular formula is C16H18BrN3O2S. The third kappa shape index (κ3) is 4.38. The molecule has 0 spiro atoms. The van der Waals surface area contributed by atoms with Crippen molar-refractivity contribution in [3.8, 4) is 0 Å². The van der Waals surface area contributed by atoms with Crippen molar-refractivity contribution in [1.29, 1.82) is 0 Å². The second kappa shape index (κ2) is 7.53. The van der Waals surface area contributed by atoms with Crippen LogP contribution in [0.5, 0.6) is 0 Å². The minimum Gasteiger partial charge on any atom is -0.366 e. The second-order valence-corrected chi connectivity index (χ2v) is 7.41. The van der Waals surface area contributed by atoms with Crippen LogP contribution in [0, 0.1) is 6.92 Å². The molecule has 0 saturated carbocycles. The molecule has 7 heteroatoms. The number of rotatable bonds is 4. The molecule has 3 rings (SSSR count). The van der Waals surface area contributed by atoms with Gasteiger partial charge in [0.25, 0.3) is 5.91 Å². The summed E-state index contributed by atoms with van der Waals surface area (Å²) in [7, 11) is 0. The van der Waals surface area contributed by atoms with Crippen molar-refractivity contribution >= 4 is 38.3 Å². The van der Waals surface area contributed by atoms with Crippen molar-refractivity contribution < 1.29 is 9.53 Å². The topological polar surface area (TPSA) is 63.2 Å². The highest BCUT2D eigenvalue weighted by Gasteiger charge is 2.22. The molecule has 0 bridgehead atoms. The van der Waals surface area contributed by atoms with Gasteiger partial charge >= 0.3 is 0 Å². The van der Waals surface area contributed by atoms with E-state index in [-0.39, 0.29) is 5.91 Å². The number of benzene rings is 1. The molecule has 2 heterocycles. The standard InChI is InChI=1S/C16H18BrN3O2S/c1-10-6-11(2-3-13(10)17)7-12-8-19-16(23-12)20-15(21)14-9-18-4-5-22-14/h2-3,6,8,14,18H,4-5,7,9H2,1H3,(H,19,20,21). The number of carbonyl (C=O) groups is 1. The summed E-state index contributed by atoms with van der Waals surface area (Å²) in [6.45, 7) is 3.97. The number of halogens is 1. The summed E-state index contributed by atoms with van der Waals surface area (Å²) in [4.78, 5) is 17.5. The van der Waals surface area contributed by atoms with Crippen molar-refractivity contribution in [3.05, 3.63) is 44.9 Å². The molecule has 1 saturated heterocycles. The highest BCUT2D eigenvalue weighted by atomic mass is 79.9. The number of anilines is 1. The quantitative estimate of drug-likeness (QED) is 0.835. The first-order valence-corrected chi connectivity index (χ1v) is 9.05. The second-order valence-electron chi connectivity index (χ2n) is 5.44. The maximum absolute atomic E-state index is 12.1. The Hall–Kier alpha value is -1.28. The molecule has 122 valence electrons. The Morgan fingerprint density at radius 3 is 3.17 bits per heavy atom. The van der Waals surface area contributed by atoms with Gasteiger partial charge in [0, 0.05) is 35.1 Å². The van der Waals surface area contributed by atoms with Crippen LogP contribution in [0.3, 0.4) is 0 Å². The molecule has 1 atom stereocenters. The Bertz CT molecular complexity index is 698. The molecule has 1 aromatic heterocycles. The lowest BCUT2D eigenvalue weighted by Crippen LogP contribution is -2.45. The Morgan fingerprint density at radius 2 is 2.43 bits per heavy atom. The average molecular weight is 396 g/mol.